The maximum absolute atomic E-state index is 10.8. The van der Waals surface area contributed by atoms with E-state index >= 15 is 0 Å². The van der Waals surface area contributed by atoms with E-state index in [1.807, 2.05) is 54.6 Å². The van der Waals surface area contributed by atoms with Gasteiger partial charge in [0.2, 0.25) is 0 Å². The summed E-state index contributed by atoms with van der Waals surface area (Å²) in [4.78, 5) is 3.42. The largest absolute Gasteiger partial charge is 0.493 e. The highest BCUT2D eigenvalue weighted by Gasteiger charge is 2.14. The van der Waals surface area contributed by atoms with Crippen molar-refractivity contribution in [2.75, 3.05) is 26.8 Å². The standard InChI is InChI=1S/C23H24N2O3/c1-27-21-11-4-5-12-22(21)28-14-13-24-15-20(26)17-8-6-10-19-23(17)16-7-2-3-9-18(16)25-19/h2-12,20,24-26H,13-15H2,1H3/t20-/m1/s1. The first-order chi connectivity index (χ1) is 13.8. The van der Waals surface area contributed by atoms with Gasteiger partial charge in [0, 0.05) is 34.9 Å². The van der Waals surface area contributed by atoms with Crippen molar-refractivity contribution in [3.63, 3.8) is 0 Å². The van der Waals surface area contributed by atoms with E-state index in [4.69, 9.17) is 9.47 Å². The van der Waals surface area contributed by atoms with Crippen molar-refractivity contribution in [1.29, 1.82) is 0 Å². The summed E-state index contributed by atoms with van der Waals surface area (Å²) in [6.45, 7) is 1.57. The number of ether oxygens (including phenoxy) is 2. The van der Waals surface area contributed by atoms with Gasteiger partial charge < -0.3 is 24.9 Å². The van der Waals surface area contributed by atoms with E-state index in [-0.39, 0.29) is 0 Å². The number of benzene rings is 3. The number of rotatable bonds is 8. The van der Waals surface area contributed by atoms with Crippen LogP contribution in [0, 0.1) is 0 Å². The van der Waals surface area contributed by atoms with E-state index in [2.05, 4.69) is 22.4 Å². The fourth-order valence-corrected chi connectivity index (χ4v) is 3.53. The molecule has 0 aliphatic heterocycles. The average molecular weight is 376 g/mol. The fraction of sp³-hybridized carbons (Fsp3) is 0.217. The highest BCUT2D eigenvalue weighted by molar-refractivity contribution is 6.09. The predicted molar refractivity (Wildman–Crippen MR) is 112 cm³/mol. The van der Waals surface area contributed by atoms with Crippen molar-refractivity contribution < 1.29 is 14.6 Å². The molecule has 0 aliphatic carbocycles. The Morgan fingerprint density at radius 1 is 0.929 bits per heavy atom. The molecular weight excluding hydrogens is 352 g/mol. The highest BCUT2D eigenvalue weighted by Crippen LogP contribution is 2.31. The topological polar surface area (TPSA) is 66.5 Å². The summed E-state index contributed by atoms with van der Waals surface area (Å²) >= 11 is 0. The van der Waals surface area contributed by atoms with Gasteiger partial charge in [-0.2, -0.15) is 0 Å². The number of hydrogen-bond acceptors (Lipinski definition) is 4. The lowest BCUT2D eigenvalue weighted by Crippen LogP contribution is -2.26. The molecule has 1 heterocycles. The maximum atomic E-state index is 10.8. The first-order valence-electron chi connectivity index (χ1n) is 9.42. The van der Waals surface area contributed by atoms with Gasteiger partial charge in [-0.3, -0.25) is 0 Å². The molecular formula is C23H24N2O3. The number of hydrogen-bond donors (Lipinski definition) is 3. The SMILES string of the molecule is COc1ccccc1OCCNC[C@@H](O)c1cccc2[nH]c3ccccc3c12. The van der Waals surface area contributed by atoms with Crippen LogP contribution in [0.4, 0.5) is 0 Å². The van der Waals surface area contributed by atoms with Gasteiger partial charge in [0.1, 0.15) is 6.61 Å². The zero-order chi connectivity index (χ0) is 19.3. The molecule has 0 amide bonds. The van der Waals surface area contributed by atoms with Crippen molar-refractivity contribution >= 4 is 21.8 Å². The third-order valence-corrected chi connectivity index (χ3v) is 4.86. The van der Waals surface area contributed by atoms with Crippen molar-refractivity contribution in [3.05, 3.63) is 72.3 Å². The van der Waals surface area contributed by atoms with Crippen molar-refractivity contribution in [1.82, 2.24) is 10.3 Å². The van der Waals surface area contributed by atoms with Crippen molar-refractivity contribution in [2.24, 2.45) is 0 Å². The Morgan fingerprint density at radius 2 is 1.68 bits per heavy atom. The van der Waals surface area contributed by atoms with Crippen LogP contribution in [-0.4, -0.2) is 36.9 Å². The number of para-hydroxylation sites is 3. The van der Waals surface area contributed by atoms with Gasteiger partial charge in [-0.15, -0.1) is 0 Å². The van der Waals surface area contributed by atoms with Crippen LogP contribution in [0.15, 0.2) is 66.7 Å². The summed E-state index contributed by atoms with van der Waals surface area (Å²) in [5, 5.41) is 16.2. The second-order valence-corrected chi connectivity index (χ2v) is 6.66. The minimum atomic E-state index is -0.603. The number of nitrogens with one attached hydrogen (secondary N) is 2. The third kappa shape index (κ3) is 3.67. The molecule has 0 spiro atoms. The van der Waals surface area contributed by atoms with Crippen molar-refractivity contribution in [3.8, 4) is 11.5 Å². The summed E-state index contributed by atoms with van der Waals surface area (Å²) in [6, 6.07) is 21.7. The van der Waals surface area contributed by atoms with E-state index in [1.165, 1.54) is 0 Å². The molecule has 1 aromatic heterocycles. The Hall–Kier alpha value is -3.02. The molecule has 144 valence electrons. The van der Waals surface area contributed by atoms with Gasteiger partial charge in [0.05, 0.1) is 13.2 Å². The van der Waals surface area contributed by atoms with Crippen LogP contribution >= 0.6 is 0 Å². The van der Waals surface area contributed by atoms with Gasteiger partial charge >= 0.3 is 0 Å². The molecule has 0 fully saturated rings. The summed E-state index contributed by atoms with van der Waals surface area (Å²) in [6.07, 6.45) is -0.603. The van der Waals surface area contributed by atoms with Crippen LogP contribution in [0.1, 0.15) is 11.7 Å². The minimum Gasteiger partial charge on any atom is -0.493 e. The van der Waals surface area contributed by atoms with Gasteiger partial charge in [-0.25, -0.2) is 0 Å². The number of fused-ring (bicyclic) bond motifs is 3. The molecule has 5 nitrogen and oxygen atoms in total. The van der Waals surface area contributed by atoms with Gasteiger partial charge in [-0.05, 0) is 29.8 Å². The number of H-pyrrole nitrogens is 1. The number of aliphatic hydroxyl groups is 1. The zero-order valence-electron chi connectivity index (χ0n) is 15.8. The van der Waals surface area contributed by atoms with Crippen LogP contribution in [0.3, 0.4) is 0 Å². The van der Waals surface area contributed by atoms with E-state index in [0.717, 1.165) is 33.1 Å². The summed E-state index contributed by atoms with van der Waals surface area (Å²) in [7, 11) is 1.63. The molecule has 3 aromatic carbocycles. The molecule has 0 bridgehead atoms. The smallest absolute Gasteiger partial charge is 0.161 e. The molecule has 0 saturated heterocycles. The second kappa shape index (κ2) is 8.33. The van der Waals surface area contributed by atoms with E-state index in [0.29, 0.717) is 25.4 Å². The number of aliphatic hydroxyl groups excluding tert-OH is 1. The number of methoxy groups -OCH3 is 1. The molecule has 0 aliphatic rings. The first kappa shape index (κ1) is 18.3. The fourth-order valence-electron chi connectivity index (χ4n) is 3.53. The van der Waals surface area contributed by atoms with E-state index in [9.17, 15) is 5.11 Å². The van der Waals surface area contributed by atoms with Crippen LogP contribution in [0.2, 0.25) is 0 Å². The second-order valence-electron chi connectivity index (χ2n) is 6.66. The third-order valence-electron chi connectivity index (χ3n) is 4.86. The lowest BCUT2D eigenvalue weighted by atomic mass is 10.0. The Bertz CT molecular complexity index is 1070. The van der Waals surface area contributed by atoms with Gasteiger partial charge in [-0.1, -0.05) is 42.5 Å². The molecule has 28 heavy (non-hydrogen) atoms. The van der Waals surface area contributed by atoms with E-state index in [1.54, 1.807) is 7.11 Å². The van der Waals surface area contributed by atoms with Crippen LogP contribution < -0.4 is 14.8 Å². The Balaban J connectivity index is 1.38. The molecule has 0 unspecified atom stereocenters. The maximum Gasteiger partial charge on any atom is 0.161 e. The Labute approximate surface area is 163 Å². The van der Waals surface area contributed by atoms with Crippen LogP contribution in [0.5, 0.6) is 11.5 Å². The summed E-state index contributed by atoms with van der Waals surface area (Å²) < 4.78 is 11.0. The zero-order valence-corrected chi connectivity index (χ0v) is 15.8. The monoisotopic (exact) mass is 376 g/mol. The number of aromatic amines is 1. The van der Waals surface area contributed by atoms with E-state index < -0.39 is 6.10 Å². The molecule has 1 atom stereocenters. The molecule has 0 radical (unpaired) electrons. The molecule has 4 aromatic rings. The molecule has 0 saturated carbocycles. The van der Waals surface area contributed by atoms with Crippen molar-refractivity contribution in [2.45, 2.75) is 6.10 Å². The van der Waals surface area contributed by atoms with Gasteiger partial charge in [0.25, 0.3) is 0 Å². The highest BCUT2D eigenvalue weighted by atomic mass is 16.5. The lowest BCUT2D eigenvalue weighted by molar-refractivity contribution is 0.173. The quantitative estimate of drug-likeness (QED) is 0.406. The predicted octanol–water partition coefficient (Wildman–Crippen LogP) is 4.03. The minimum absolute atomic E-state index is 0.452. The number of aromatic nitrogens is 1. The van der Waals surface area contributed by atoms with Crippen LogP contribution in [-0.2, 0) is 0 Å². The Morgan fingerprint density at radius 3 is 2.54 bits per heavy atom. The van der Waals surface area contributed by atoms with Gasteiger partial charge in [0.15, 0.2) is 11.5 Å². The normalized spacial score (nSPS) is 12.4. The van der Waals surface area contributed by atoms with Crippen LogP contribution in [0.25, 0.3) is 21.8 Å². The lowest BCUT2D eigenvalue weighted by Gasteiger charge is -2.15. The molecule has 3 N–H and O–H groups in total. The molecule has 5 heteroatoms. The summed E-state index contributed by atoms with van der Waals surface area (Å²) in [5.41, 5.74) is 3.04. The Kier molecular flexibility index (Phi) is 5.46. The molecule has 4 rings (SSSR count). The average Bonchev–Trinajstić information content (AvgIpc) is 3.12. The first-order valence-corrected chi connectivity index (χ1v) is 9.42. The summed E-state index contributed by atoms with van der Waals surface area (Å²) in [5.74, 6) is 1.43.